The summed E-state index contributed by atoms with van der Waals surface area (Å²) in [6.07, 6.45) is 14.0. The summed E-state index contributed by atoms with van der Waals surface area (Å²) in [4.78, 5) is 27.2. The van der Waals surface area contributed by atoms with Crippen molar-refractivity contribution in [3.63, 3.8) is 0 Å². The highest BCUT2D eigenvalue weighted by molar-refractivity contribution is 5.70. The standard InChI is InChI=1S/C37H53N7O2/c1-5-34(27-13-15-28(16-14-27)36(45)46)43(4)37-40-32-18-17-29(26-11-7-6-8-12-26)20-31(32)35(41-37)39-33(30-21-38-42(3)23-30)24-44-19-9-10-25(2)22-44/h6-8,11-12,21,23,25,27-29,33-34H,5,9-10,13-20,22,24H2,1-4H3,(H,45,46)(H,39,40,41)/t25-,27?,28?,29-,33?,34-/m1/s1. The van der Waals surface area contributed by atoms with Crippen LogP contribution < -0.4 is 10.2 Å². The lowest BCUT2D eigenvalue weighted by molar-refractivity contribution is -0.143. The van der Waals surface area contributed by atoms with Gasteiger partial charge in [0.15, 0.2) is 0 Å². The minimum Gasteiger partial charge on any atom is -0.481 e. The summed E-state index contributed by atoms with van der Waals surface area (Å²) in [7, 11) is 4.13. The third-order valence-electron chi connectivity index (χ3n) is 11.0. The Kier molecular flexibility index (Phi) is 10.3. The van der Waals surface area contributed by atoms with Crippen LogP contribution in [0.5, 0.6) is 0 Å². The highest BCUT2D eigenvalue weighted by Crippen LogP contribution is 2.39. The van der Waals surface area contributed by atoms with E-state index in [-0.39, 0.29) is 18.0 Å². The molecule has 4 atom stereocenters. The molecule has 0 spiro atoms. The van der Waals surface area contributed by atoms with Gasteiger partial charge in [0, 0.05) is 50.6 Å². The normalized spacial score (nSPS) is 25.0. The Labute approximate surface area is 274 Å². The predicted molar refractivity (Wildman–Crippen MR) is 183 cm³/mol. The van der Waals surface area contributed by atoms with Crippen LogP contribution in [-0.4, -0.2) is 68.4 Å². The quantitative estimate of drug-likeness (QED) is 0.250. The maximum atomic E-state index is 11.6. The van der Waals surface area contributed by atoms with Crippen molar-refractivity contribution < 1.29 is 9.90 Å². The predicted octanol–water partition coefficient (Wildman–Crippen LogP) is 6.47. The fraction of sp³-hybridized carbons (Fsp3) is 0.622. The number of anilines is 2. The minimum absolute atomic E-state index is 0.0570. The van der Waals surface area contributed by atoms with Gasteiger partial charge in [0.1, 0.15) is 5.82 Å². The number of carboxylic acids is 1. The number of aliphatic carboxylic acids is 1. The monoisotopic (exact) mass is 627 g/mol. The number of benzene rings is 1. The summed E-state index contributed by atoms with van der Waals surface area (Å²) in [6, 6.07) is 11.2. The van der Waals surface area contributed by atoms with Gasteiger partial charge in [0.05, 0.1) is 23.9 Å². The maximum absolute atomic E-state index is 11.6. The fourth-order valence-corrected chi connectivity index (χ4v) is 8.44. The fourth-order valence-electron chi connectivity index (χ4n) is 8.44. The van der Waals surface area contributed by atoms with E-state index < -0.39 is 5.97 Å². The number of rotatable bonds is 11. The molecule has 0 radical (unpaired) electrons. The zero-order chi connectivity index (χ0) is 32.2. The zero-order valence-electron chi connectivity index (χ0n) is 28.2. The molecule has 6 rings (SSSR count). The van der Waals surface area contributed by atoms with Gasteiger partial charge in [-0.15, -0.1) is 0 Å². The number of carboxylic acid groups (broad SMARTS) is 1. The number of carbonyl (C=O) groups is 1. The van der Waals surface area contributed by atoms with E-state index >= 15 is 0 Å². The first-order valence-electron chi connectivity index (χ1n) is 17.7. The third kappa shape index (κ3) is 7.40. The van der Waals surface area contributed by atoms with E-state index in [1.807, 2.05) is 17.9 Å². The highest BCUT2D eigenvalue weighted by atomic mass is 16.4. The van der Waals surface area contributed by atoms with Gasteiger partial charge in [-0.05, 0) is 94.1 Å². The number of nitrogens with zero attached hydrogens (tertiary/aromatic N) is 6. The molecule has 3 heterocycles. The molecule has 1 saturated carbocycles. The van der Waals surface area contributed by atoms with Gasteiger partial charge < -0.3 is 20.2 Å². The number of aryl methyl sites for hydroxylation is 2. The average molecular weight is 628 g/mol. The highest BCUT2D eigenvalue weighted by Gasteiger charge is 2.34. The molecule has 3 aromatic rings. The summed E-state index contributed by atoms with van der Waals surface area (Å²) in [5, 5.41) is 18.1. The summed E-state index contributed by atoms with van der Waals surface area (Å²) in [5.74, 6) is 2.46. The summed E-state index contributed by atoms with van der Waals surface area (Å²) in [5.41, 5.74) is 4.97. The Morgan fingerprint density at radius 1 is 1.11 bits per heavy atom. The number of hydrogen-bond acceptors (Lipinski definition) is 7. The molecule has 46 heavy (non-hydrogen) atoms. The third-order valence-corrected chi connectivity index (χ3v) is 11.0. The first-order valence-corrected chi connectivity index (χ1v) is 17.7. The number of aromatic nitrogens is 4. The number of nitrogens with one attached hydrogen (secondary N) is 1. The lowest BCUT2D eigenvalue weighted by Crippen LogP contribution is -2.41. The largest absolute Gasteiger partial charge is 0.481 e. The van der Waals surface area contributed by atoms with E-state index in [0.717, 1.165) is 88.5 Å². The van der Waals surface area contributed by atoms with E-state index in [9.17, 15) is 9.90 Å². The molecular weight excluding hydrogens is 574 g/mol. The van der Waals surface area contributed by atoms with Crippen LogP contribution in [0.25, 0.3) is 0 Å². The first kappa shape index (κ1) is 32.5. The van der Waals surface area contributed by atoms with Crippen molar-refractivity contribution in [2.75, 3.05) is 36.9 Å². The summed E-state index contributed by atoms with van der Waals surface area (Å²) >= 11 is 0. The molecule has 1 unspecified atom stereocenters. The molecule has 2 fully saturated rings. The first-order chi connectivity index (χ1) is 22.3. The molecule has 1 aromatic carbocycles. The van der Waals surface area contributed by atoms with Crippen molar-refractivity contribution in [1.29, 1.82) is 0 Å². The molecule has 0 amide bonds. The van der Waals surface area contributed by atoms with Gasteiger partial charge in [0.2, 0.25) is 5.95 Å². The molecule has 2 aliphatic carbocycles. The van der Waals surface area contributed by atoms with Crippen LogP contribution in [0.2, 0.25) is 0 Å². The lowest BCUT2D eigenvalue weighted by Gasteiger charge is -2.38. The minimum atomic E-state index is -0.649. The Bertz CT molecular complexity index is 1450. The molecule has 1 saturated heterocycles. The number of fused-ring (bicyclic) bond motifs is 1. The molecule has 9 heteroatoms. The second-order valence-electron chi connectivity index (χ2n) is 14.3. The molecule has 3 aliphatic rings. The van der Waals surface area contributed by atoms with E-state index in [2.05, 4.69) is 77.6 Å². The smallest absolute Gasteiger partial charge is 0.306 e. The van der Waals surface area contributed by atoms with Gasteiger partial charge >= 0.3 is 5.97 Å². The van der Waals surface area contributed by atoms with Crippen molar-refractivity contribution in [1.82, 2.24) is 24.6 Å². The van der Waals surface area contributed by atoms with Crippen molar-refractivity contribution in [3.05, 3.63) is 65.1 Å². The van der Waals surface area contributed by atoms with Crippen LogP contribution in [-0.2, 0) is 24.7 Å². The van der Waals surface area contributed by atoms with E-state index in [1.54, 1.807) is 0 Å². The number of piperidine rings is 1. The molecule has 2 aromatic heterocycles. The SMILES string of the molecule is CC[C@H](C1CCC(C(=O)O)CC1)N(C)c1nc2c(c(NC(CN3CCC[C@@H](C)C3)c3cnn(C)c3)n1)C[C@H](c1ccccc1)CC2. The van der Waals surface area contributed by atoms with Crippen LogP contribution in [0.3, 0.4) is 0 Å². The average Bonchev–Trinajstić information content (AvgIpc) is 3.51. The topological polar surface area (TPSA) is 99.4 Å². The molecular formula is C37H53N7O2. The van der Waals surface area contributed by atoms with Crippen LogP contribution >= 0.6 is 0 Å². The molecule has 0 bridgehead atoms. The lowest BCUT2D eigenvalue weighted by atomic mass is 9.77. The Hall–Kier alpha value is -3.46. The Morgan fingerprint density at radius 2 is 1.89 bits per heavy atom. The van der Waals surface area contributed by atoms with Gasteiger partial charge in [-0.2, -0.15) is 10.1 Å². The van der Waals surface area contributed by atoms with Crippen molar-refractivity contribution in [2.24, 2.45) is 24.8 Å². The van der Waals surface area contributed by atoms with E-state index in [4.69, 9.17) is 9.97 Å². The van der Waals surface area contributed by atoms with Crippen LogP contribution in [0.4, 0.5) is 11.8 Å². The summed E-state index contributed by atoms with van der Waals surface area (Å²) in [6.45, 7) is 7.75. The molecule has 1 aliphatic heterocycles. The molecule has 9 nitrogen and oxygen atoms in total. The van der Waals surface area contributed by atoms with E-state index in [0.29, 0.717) is 17.8 Å². The zero-order valence-corrected chi connectivity index (χ0v) is 28.2. The van der Waals surface area contributed by atoms with Crippen molar-refractivity contribution >= 4 is 17.7 Å². The number of hydrogen-bond donors (Lipinski definition) is 2. The van der Waals surface area contributed by atoms with Crippen LogP contribution in [0.1, 0.15) is 99.6 Å². The van der Waals surface area contributed by atoms with Crippen molar-refractivity contribution in [2.45, 2.75) is 96.1 Å². The molecule has 248 valence electrons. The second-order valence-corrected chi connectivity index (χ2v) is 14.3. The Morgan fingerprint density at radius 3 is 2.57 bits per heavy atom. The van der Waals surface area contributed by atoms with Gasteiger partial charge in [-0.3, -0.25) is 9.48 Å². The van der Waals surface area contributed by atoms with Crippen LogP contribution in [0, 0.1) is 17.8 Å². The summed E-state index contributed by atoms with van der Waals surface area (Å²) < 4.78 is 1.90. The van der Waals surface area contributed by atoms with Gasteiger partial charge in [-0.25, -0.2) is 4.98 Å². The molecule has 2 N–H and O–H groups in total. The number of likely N-dealkylation sites (tertiary alicyclic amines) is 1. The second kappa shape index (κ2) is 14.5. The Balaban J connectivity index is 1.33. The van der Waals surface area contributed by atoms with Gasteiger partial charge in [0.25, 0.3) is 0 Å². The van der Waals surface area contributed by atoms with Crippen molar-refractivity contribution in [3.8, 4) is 0 Å². The van der Waals surface area contributed by atoms with E-state index in [1.165, 1.54) is 29.5 Å². The van der Waals surface area contributed by atoms with Gasteiger partial charge in [-0.1, -0.05) is 44.2 Å². The van der Waals surface area contributed by atoms with Crippen LogP contribution in [0.15, 0.2) is 42.7 Å². The maximum Gasteiger partial charge on any atom is 0.306 e.